The van der Waals surface area contributed by atoms with E-state index in [1.807, 2.05) is 0 Å². The first-order chi connectivity index (χ1) is 7.91. The summed E-state index contributed by atoms with van der Waals surface area (Å²) in [7, 11) is 0. The number of aryl methyl sites for hydroxylation is 2. The molecule has 94 valence electrons. The van der Waals surface area contributed by atoms with E-state index in [0.717, 1.165) is 0 Å². The molecule has 0 heterocycles. The van der Waals surface area contributed by atoms with Crippen molar-refractivity contribution < 1.29 is 18.0 Å². The molecule has 0 saturated heterocycles. The van der Waals surface area contributed by atoms with E-state index in [0.29, 0.717) is 0 Å². The number of primary amides is 1. The van der Waals surface area contributed by atoms with Gasteiger partial charge in [0.05, 0.1) is 0 Å². The van der Waals surface area contributed by atoms with Crippen LogP contribution >= 0.6 is 0 Å². The molecular weight excluding hydrogens is 231 g/mol. The van der Waals surface area contributed by atoms with Crippen molar-refractivity contribution >= 4 is 5.91 Å². The standard InChI is InChI=1S/C10H12.C2H2F3NO/c1-2-6-10-8-4-3-7-9(10)5-1;3-2(4,5)1(6)7/h1-2,5-6H,3-4,7-8H2;(H2,6,7). The van der Waals surface area contributed by atoms with Crippen LogP contribution in [-0.4, -0.2) is 12.1 Å². The number of amides is 1. The van der Waals surface area contributed by atoms with Gasteiger partial charge in [0.1, 0.15) is 0 Å². The van der Waals surface area contributed by atoms with Crippen molar-refractivity contribution in [2.24, 2.45) is 5.73 Å². The smallest absolute Gasteiger partial charge is 0.362 e. The van der Waals surface area contributed by atoms with Crippen molar-refractivity contribution in [1.82, 2.24) is 0 Å². The Morgan fingerprint density at radius 1 is 1.06 bits per heavy atom. The normalized spacial score (nSPS) is 14.3. The largest absolute Gasteiger partial charge is 0.470 e. The lowest BCUT2D eigenvalue weighted by atomic mass is 9.92. The van der Waals surface area contributed by atoms with E-state index in [2.05, 4.69) is 30.0 Å². The summed E-state index contributed by atoms with van der Waals surface area (Å²) in [5.41, 5.74) is 6.96. The van der Waals surface area contributed by atoms with Gasteiger partial charge in [-0.1, -0.05) is 24.3 Å². The summed E-state index contributed by atoms with van der Waals surface area (Å²) in [5, 5.41) is 0. The molecular formula is C12H14F3NO. The SMILES string of the molecule is NC(=O)C(F)(F)F.c1ccc2c(c1)CCCC2. The molecule has 1 aliphatic carbocycles. The Morgan fingerprint density at radius 2 is 1.41 bits per heavy atom. The third-order valence-electron chi connectivity index (χ3n) is 2.54. The molecule has 0 bridgehead atoms. The van der Waals surface area contributed by atoms with Gasteiger partial charge in [-0.05, 0) is 36.8 Å². The minimum absolute atomic E-state index is 1.30. The van der Waals surface area contributed by atoms with Gasteiger partial charge in [0.25, 0.3) is 0 Å². The van der Waals surface area contributed by atoms with E-state index in [1.165, 1.54) is 25.7 Å². The van der Waals surface area contributed by atoms with Gasteiger partial charge in [-0.25, -0.2) is 0 Å². The summed E-state index contributed by atoms with van der Waals surface area (Å²) in [6.07, 6.45) is 0.514. The Morgan fingerprint density at radius 3 is 1.71 bits per heavy atom. The summed E-state index contributed by atoms with van der Waals surface area (Å²) in [5.74, 6) is -2.26. The van der Waals surface area contributed by atoms with Crippen molar-refractivity contribution in [2.75, 3.05) is 0 Å². The Balaban J connectivity index is 0.000000185. The van der Waals surface area contributed by atoms with E-state index in [1.54, 1.807) is 11.1 Å². The van der Waals surface area contributed by atoms with Crippen LogP contribution in [0.4, 0.5) is 13.2 Å². The van der Waals surface area contributed by atoms with Gasteiger partial charge in [0.2, 0.25) is 0 Å². The van der Waals surface area contributed by atoms with E-state index >= 15 is 0 Å². The zero-order valence-electron chi connectivity index (χ0n) is 9.26. The molecule has 0 aliphatic heterocycles. The molecule has 17 heavy (non-hydrogen) atoms. The molecule has 0 spiro atoms. The van der Waals surface area contributed by atoms with E-state index < -0.39 is 12.1 Å². The molecule has 0 saturated carbocycles. The monoisotopic (exact) mass is 245 g/mol. The van der Waals surface area contributed by atoms with Crippen molar-refractivity contribution in [3.05, 3.63) is 35.4 Å². The first-order valence-electron chi connectivity index (χ1n) is 5.34. The molecule has 1 aliphatic rings. The van der Waals surface area contributed by atoms with Crippen LogP contribution in [0.5, 0.6) is 0 Å². The van der Waals surface area contributed by atoms with Crippen molar-refractivity contribution in [3.8, 4) is 0 Å². The first-order valence-corrected chi connectivity index (χ1v) is 5.34. The second-order valence-electron chi connectivity index (χ2n) is 3.84. The first kappa shape index (κ1) is 13.5. The van der Waals surface area contributed by atoms with Gasteiger partial charge in [-0.2, -0.15) is 13.2 Å². The minimum Gasteiger partial charge on any atom is -0.362 e. The summed E-state index contributed by atoms with van der Waals surface area (Å²) < 4.78 is 32.1. The molecule has 0 atom stereocenters. The predicted octanol–water partition coefficient (Wildman–Crippen LogP) is 2.60. The minimum atomic E-state index is -4.86. The van der Waals surface area contributed by atoms with Crippen LogP contribution in [0.2, 0.25) is 0 Å². The number of benzene rings is 1. The van der Waals surface area contributed by atoms with Crippen LogP contribution in [0.25, 0.3) is 0 Å². The van der Waals surface area contributed by atoms with Crippen LogP contribution in [0.1, 0.15) is 24.0 Å². The number of carbonyl (C=O) groups is 1. The maximum Gasteiger partial charge on any atom is 0.470 e. The quantitative estimate of drug-likeness (QED) is 0.750. The third-order valence-corrected chi connectivity index (χ3v) is 2.54. The fourth-order valence-corrected chi connectivity index (χ4v) is 1.68. The topological polar surface area (TPSA) is 43.1 Å². The Hall–Kier alpha value is -1.52. The number of carbonyl (C=O) groups excluding carboxylic acids is 1. The number of fused-ring (bicyclic) bond motifs is 1. The summed E-state index contributed by atoms with van der Waals surface area (Å²) in [6, 6.07) is 8.80. The number of halogens is 3. The Labute approximate surface area is 97.6 Å². The van der Waals surface area contributed by atoms with E-state index in [-0.39, 0.29) is 0 Å². The molecule has 0 unspecified atom stereocenters. The number of hydrogen-bond donors (Lipinski definition) is 1. The Kier molecular flexibility index (Phi) is 4.54. The zero-order chi connectivity index (χ0) is 12.9. The summed E-state index contributed by atoms with van der Waals surface area (Å²) >= 11 is 0. The predicted molar refractivity (Wildman–Crippen MR) is 58.3 cm³/mol. The highest BCUT2D eigenvalue weighted by atomic mass is 19.4. The van der Waals surface area contributed by atoms with E-state index in [4.69, 9.17) is 4.79 Å². The summed E-state index contributed by atoms with van der Waals surface area (Å²) in [6.45, 7) is 0. The molecule has 2 nitrogen and oxygen atoms in total. The zero-order valence-corrected chi connectivity index (χ0v) is 9.26. The second-order valence-corrected chi connectivity index (χ2v) is 3.84. The molecule has 5 heteroatoms. The highest BCUT2D eigenvalue weighted by molar-refractivity contribution is 5.79. The fourth-order valence-electron chi connectivity index (χ4n) is 1.68. The molecule has 2 N–H and O–H groups in total. The maximum absolute atomic E-state index is 10.7. The van der Waals surface area contributed by atoms with Gasteiger partial charge >= 0.3 is 12.1 Å². The number of hydrogen-bond acceptors (Lipinski definition) is 1. The third kappa shape index (κ3) is 4.46. The number of nitrogens with two attached hydrogens (primary N) is 1. The average molecular weight is 245 g/mol. The molecule has 1 aromatic carbocycles. The van der Waals surface area contributed by atoms with Crippen molar-refractivity contribution in [1.29, 1.82) is 0 Å². The van der Waals surface area contributed by atoms with Crippen LogP contribution in [0.15, 0.2) is 24.3 Å². The highest BCUT2D eigenvalue weighted by Crippen LogP contribution is 2.19. The molecule has 1 aromatic rings. The van der Waals surface area contributed by atoms with Gasteiger partial charge in [-0.3, -0.25) is 4.79 Å². The molecule has 1 amide bonds. The number of alkyl halides is 3. The fraction of sp³-hybridized carbons (Fsp3) is 0.417. The maximum atomic E-state index is 10.7. The lowest BCUT2D eigenvalue weighted by molar-refractivity contribution is -0.169. The van der Waals surface area contributed by atoms with Gasteiger partial charge in [-0.15, -0.1) is 0 Å². The molecule has 0 aromatic heterocycles. The van der Waals surface area contributed by atoms with Crippen LogP contribution < -0.4 is 5.73 Å². The lowest BCUT2D eigenvalue weighted by Gasteiger charge is -2.13. The molecule has 0 fully saturated rings. The van der Waals surface area contributed by atoms with Crippen molar-refractivity contribution in [3.63, 3.8) is 0 Å². The van der Waals surface area contributed by atoms with E-state index in [9.17, 15) is 13.2 Å². The molecule has 0 radical (unpaired) electrons. The van der Waals surface area contributed by atoms with Gasteiger partial charge in [0.15, 0.2) is 0 Å². The van der Waals surface area contributed by atoms with Gasteiger partial charge in [0, 0.05) is 0 Å². The Bertz CT molecular complexity index is 363. The second kappa shape index (κ2) is 5.70. The van der Waals surface area contributed by atoms with Crippen LogP contribution in [0.3, 0.4) is 0 Å². The van der Waals surface area contributed by atoms with Crippen LogP contribution in [-0.2, 0) is 17.6 Å². The highest BCUT2D eigenvalue weighted by Gasteiger charge is 2.35. The van der Waals surface area contributed by atoms with Gasteiger partial charge < -0.3 is 5.73 Å². The summed E-state index contributed by atoms with van der Waals surface area (Å²) in [4.78, 5) is 9.12. The molecule has 2 rings (SSSR count). The van der Waals surface area contributed by atoms with Crippen molar-refractivity contribution in [2.45, 2.75) is 31.9 Å². The average Bonchev–Trinajstić information content (AvgIpc) is 2.29. The number of rotatable bonds is 0. The van der Waals surface area contributed by atoms with Crippen LogP contribution in [0, 0.1) is 0 Å². The lowest BCUT2D eigenvalue weighted by Crippen LogP contribution is -2.30.